The lowest BCUT2D eigenvalue weighted by molar-refractivity contribution is 0.0527. The number of benzene rings is 2. The molecule has 0 spiro atoms. The molecule has 0 aromatic heterocycles. The molecule has 0 saturated carbocycles. The second-order valence-electron chi connectivity index (χ2n) is 6.40. The molecule has 2 aromatic carbocycles. The van der Waals surface area contributed by atoms with E-state index in [9.17, 15) is 14.4 Å². The van der Waals surface area contributed by atoms with Crippen molar-refractivity contribution in [1.82, 2.24) is 5.32 Å². The van der Waals surface area contributed by atoms with Gasteiger partial charge >= 0.3 is 5.97 Å². The van der Waals surface area contributed by atoms with Gasteiger partial charge in [-0.2, -0.15) is 0 Å². The minimum absolute atomic E-state index is 0.231. The van der Waals surface area contributed by atoms with Crippen LogP contribution in [0.5, 0.6) is 0 Å². The van der Waals surface area contributed by atoms with Crippen molar-refractivity contribution in [2.45, 2.75) is 20.8 Å². The van der Waals surface area contributed by atoms with E-state index in [1.165, 1.54) is 6.07 Å². The smallest absolute Gasteiger partial charge is 0.340 e. The number of carbonyl (C=O) groups is 3. The third-order valence-electron chi connectivity index (χ3n) is 3.73. The van der Waals surface area contributed by atoms with Gasteiger partial charge in [0.1, 0.15) is 0 Å². The van der Waals surface area contributed by atoms with Crippen LogP contribution in [0.4, 0.5) is 5.69 Å². The van der Waals surface area contributed by atoms with Gasteiger partial charge in [-0.1, -0.05) is 32.0 Å². The highest BCUT2D eigenvalue weighted by molar-refractivity contribution is 6.09. The number of hydrogen-bond donors (Lipinski definition) is 2. The number of amides is 2. The molecule has 2 aromatic rings. The Kier molecular flexibility index (Phi) is 7.11. The molecule has 0 fully saturated rings. The lowest BCUT2D eigenvalue weighted by atomic mass is 10.1. The van der Waals surface area contributed by atoms with E-state index < -0.39 is 11.9 Å². The van der Waals surface area contributed by atoms with Crippen molar-refractivity contribution in [3.63, 3.8) is 0 Å². The molecule has 0 aliphatic heterocycles. The summed E-state index contributed by atoms with van der Waals surface area (Å²) in [6.45, 7) is 6.53. The Bertz CT molecular complexity index is 830. The van der Waals surface area contributed by atoms with Crippen molar-refractivity contribution in [3.8, 4) is 0 Å². The molecule has 6 heteroatoms. The van der Waals surface area contributed by atoms with Gasteiger partial charge in [0.25, 0.3) is 11.8 Å². The van der Waals surface area contributed by atoms with Gasteiger partial charge in [0, 0.05) is 17.7 Å². The molecular formula is C21H24N2O4. The van der Waals surface area contributed by atoms with Crippen LogP contribution in [0.3, 0.4) is 0 Å². The highest BCUT2D eigenvalue weighted by atomic mass is 16.5. The highest BCUT2D eigenvalue weighted by Crippen LogP contribution is 2.18. The van der Waals surface area contributed by atoms with Crippen molar-refractivity contribution < 1.29 is 19.1 Å². The number of hydrogen-bond acceptors (Lipinski definition) is 4. The maximum Gasteiger partial charge on any atom is 0.340 e. The van der Waals surface area contributed by atoms with Crippen LogP contribution in [0.2, 0.25) is 0 Å². The zero-order valence-electron chi connectivity index (χ0n) is 15.7. The molecule has 142 valence electrons. The summed E-state index contributed by atoms with van der Waals surface area (Å²) >= 11 is 0. The minimum atomic E-state index is -0.504. The molecular weight excluding hydrogens is 344 g/mol. The molecule has 6 nitrogen and oxygen atoms in total. The lowest BCUT2D eigenvalue weighted by Gasteiger charge is -2.11. The van der Waals surface area contributed by atoms with E-state index in [0.717, 1.165) is 0 Å². The summed E-state index contributed by atoms with van der Waals surface area (Å²) in [5.41, 5.74) is 1.36. The summed E-state index contributed by atoms with van der Waals surface area (Å²) in [6, 6.07) is 13.1. The highest BCUT2D eigenvalue weighted by Gasteiger charge is 2.16. The lowest BCUT2D eigenvalue weighted by Crippen LogP contribution is -2.27. The Morgan fingerprint density at radius 3 is 2.30 bits per heavy atom. The third-order valence-corrected chi connectivity index (χ3v) is 3.73. The second kappa shape index (κ2) is 9.52. The molecule has 2 N–H and O–H groups in total. The van der Waals surface area contributed by atoms with Gasteiger partial charge in [-0.15, -0.1) is 0 Å². The number of rotatable bonds is 7. The summed E-state index contributed by atoms with van der Waals surface area (Å²) in [7, 11) is 0. The fourth-order valence-corrected chi connectivity index (χ4v) is 2.37. The zero-order valence-corrected chi connectivity index (χ0v) is 15.7. The summed E-state index contributed by atoms with van der Waals surface area (Å²) in [4.78, 5) is 36.8. The average Bonchev–Trinajstić information content (AvgIpc) is 2.66. The van der Waals surface area contributed by atoms with E-state index in [2.05, 4.69) is 10.6 Å². The summed E-state index contributed by atoms with van der Waals surface area (Å²) < 4.78 is 5.01. The van der Waals surface area contributed by atoms with Gasteiger partial charge in [0.2, 0.25) is 0 Å². The fraction of sp³-hybridized carbons (Fsp3) is 0.286. The summed E-state index contributed by atoms with van der Waals surface area (Å²) in [5.74, 6) is -0.814. The molecule has 0 saturated heterocycles. The van der Waals surface area contributed by atoms with Crippen molar-refractivity contribution in [1.29, 1.82) is 0 Å². The van der Waals surface area contributed by atoms with Crippen molar-refractivity contribution in [2.75, 3.05) is 18.5 Å². The van der Waals surface area contributed by atoms with Crippen LogP contribution in [0, 0.1) is 5.92 Å². The maximum absolute atomic E-state index is 12.6. The standard InChI is InChI=1S/C21H24N2O4/c1-4-27-21(26)17-10-5-6-11-18(17)23-20(25)16-9-7-8-15(12-16)19(24)22-13-14(2)3/h5-12,14H,4,13H2,1-3H3,(H,22,24)(H,23,25). The van der Waals surface area contributed by atoms with Crippen LogP contribution >= 0.6 is 0 Å². The van der Waals surface area contributed by atoms with Crippen LogP contribution < -0.4 is 10.6 Å². The van der Waals surface area contributed by atoms with Gasteiger partial charge in [-0.25, -0.2) is 4.79 Å². The first-order chi connectivity index (χ1) is 12.9. The number of carbonyl (C=O) groups excluding carboxylic acids is 3. The summed E-state index contributed by atoms with van der Waals surface area (Å²) in [6.07, 6.45) is 0. The Morgan fingerprint density at radius 1 is 0.963 bits per heavy atom. The van der Waals surface area contributed by atoms with Gasteiger partial charge in [0.05, 0.1) is 17.9 Å². The molecule has 0 radical (unpaired) electrons. The van der Waals surface area contributed by atoms with Crippen LogP contribution in [-0.2, 0) is 4.74 Å². The number of nitrogens with one attached hydrogen (secondary N) is 2. The summed E-state index contributed by atoms with van der Waals surface area (Å²) in [5, 5.41) is 5.53. The minimum Gasteiger partial charge on any atom is -0.462 e. The van der Waals surface area contributed by atoms with Gasteiger partial charge in [0.15, 0.2) is 0 Å². The van der Waals surface area contributed by atoms with Gasteiger partial charge < -0.3 is 15.4 Å². The van der Waals surface area contributed by atoms with E-state index in [0.29, 0.717) is 29.3 Å². The van der Waals surface area contributed by atoms with E-state index in [1.54, 1.807) is 49.4 Å². The van der Waals surface area contributed by atoms with E-state index in [-0.39, 0.29) is 18.1 Å². The quantitative estimate of drug-likeness (QED) is 0.733. The predicted octanol–water partition coefficient (Wildman–Crippen LogP) is 3.50. The molecule has 0 unspecified atom stereocenters. The molecule has 0 heterocycles. The van der Waals surface area contributed by atoms with Crippen LogP contribution in [-0.4, -0.2) is 30.9 Å². The Hall–Kier alpha value is -3.15. The normalized spacial score (nSPS) is 10.4. The second-order valence-corrected chi connectivity index (χ2v) is 6.40. The molecule has 2 amide bonds. The van der Waals surface area contributed by atoms with Crippen molar-refractivity contribution in [2.24, 2.45) is 5.92 Å². The maximum atomic E-state index is 12.6. The molecule has 0 bridgehead atoms. The largest absolute Gasteiger partial charge is 0.462 e. The first-order valence-electron chi connectivity index (χ1n) is 8.88. The molecule has 0 atom stereocenters. The zero-order chi connectivity index (χ0) is 19.8. The molecule has 0 aliphatic rings. The van der Waals surface area contributed by atoms with Crippen LogP contribution in [0.25, 0.3) is 0 Å². The van der Waals surface area contributed by atoms with Crippen LogP contribution in [0.1, 0.15) is 51.8 Å². The van der Waals surface area contributed by atoms with Crippen molar-refractivity contribution >= 4 is 23.5 Å². The van der Waals surface area contributed by atoms with Gasteiger partial charge in [-0.05, 0) is 43.2 Å². The van der Waals surface area contributed by atoms with E-state index >= 15 is 0 Å². The number of ether oxygens (including phenoxy) is 1. The topological polar surface area (TPSA) is 84.5 Å². The molecule has 27 heavy (non-hydrogen) atoms. The van der Waals surface area contributed by atoms with E-state index in [1.807, 2.05) is 13.8 Å². The SMILES string of the molecule is CCOC(=O)c1ccccc1NC(=O)c1cccc(C(=O)NCC(C)C)c1. The molecule has 0 aliphatic carbocycles. The van der Waals surface area contributed by atoms with Crippen molar-refractivity contribution in [3.05, 3.63) is 65.2 Å². The first-order valence-corrected chi connectivity index (χ1v) is 8.88. The Balaban J connectivity index is 2.17. The third kappa shape index (κ3) is 5.67. The number of para-hydroxylation sites is 1. The Morgan fingerprint density at radius 2 is 1.63 bits per heavy atom. The van der Waals surface area contributed by atoms with E-state index in [4.69, 9.17) is 4.74 Å². The average molecular weight is 368 g/mol. The molecule has 2 rings (SSSR count). The van der Waals surface area contributed by atoms with Gasteiger partial charge in [-0.3, -0.25) is 9.59 Å². The number of anilines is 1. The predicted molar refractivity (Wildman–Crippen MR) is 104 cm³/mol. The monoisotopic (exact) mass is 368 g/mol. The number of esters is 1. The fourth-order valence-electron chi connectivity index (χ4n) is 2.37. The Labute approximate surface area is 158 Å². The van der Waals surface area contributed by atoms with Crippen LogP contribution in [0.15, 0.2) is 48.5 Å². The first kappa shape index (κ1) is 20.2.